The van der Waals surface area contributed by atoms with Gasteiger partial charge in [0.05, 0.1) is 11.6 Å². The Kier molecular flexibility index (Phi) is 9.54. The first-order chi connectivity index (χ1) is 17.9. The SMILES string of the molecule is O=C(CCCCCn1c(=O)c2sccc2n(CC(=O)NC[C@@H]2CCCO2)c1=O)NCc1ccccc1Cl. The molecule has 11 heteroatoms. The lowest BCUT2D eigenvalue weighted by Crippen LogP contribution is -2.43. The molecule has 1 aliphatic heterocycles. The third-order valence-corrected chi connectivity index (χ3v) is 7.67. The molecule has 2 amide bonds. The van der Waals surface area contributed by atoms with Gasteiger partial charge in [-0.1, -0.05) is 36.2 Å². The highest BCUT2D eigenvalue weighted by atomic mass is 35.5. The summed E-state index contributed by atoms with van der Waals surface area (Å²) in [5.74, 6) is -0.369. The number of unbranched alkanes of at least 4 members (excludes halogenated alkanes) is 2. The third kappa shape index (κ3) is 7.09. The molecule has 1 saturated heterocycles. The minimum Gasteiger partial charge on any atom is -0.376 e. The van der Waals surface area contributed by atoms with E-state index in [4.69, 9.17) is 16.3 Å². The maximum absolute atomic E-state index is 13.2. The number of hydrogen-bond donors (Lipinski definition) is 2. The maximum Gasteiger partial charge on any atom is 0.332 e. The van der Waals surface area contributed by atoms with Crippen molar-refractivity contribution in [3.8, 4) is 0 Å². The van der Waals surface area contributed by atoms with Crippen LogP contribution in [-0.2, 0) is 34.0 Å². The zero-order chi connectivity index (χ0) is 26.2. The Morgan fingerprint density at radius 3 is 2.68 bits per heavy atom. The summed E-state index contributed by atoms with van der Waals surface area (Å²) in [5, 5.41) is 8.05. The van der Waals surface area contributed by atoms with Gasteiger partial charge in [0.2, 0.25) is 11.8 Å². The van der Waals surface area contributed by atoms with Crippen LogP contribution in [0.4, 0.5) is 0 Å². The van der Waals surface area contributed by atoms with Gasteiger partial charge in [0.1, 0.15) is 11.2 Å². The number of fused-ring (bicyclic) bond motifs is 1. The molecular weight excluding hydrogens is 516 g/mol. The van der Waals surface area contributed by atoms with Gasteiger partial charge in [0.25, 0.3) is 5.56 Å². The highest BCUT2D eigenvalue weighted by Crippen LogP contribution is 2.16. The topological polar surface area (TPSA) is 111 Å². The van der Waals surface area contributed by atoms with E-state index in [0.717, 1.165) is 18.4 Å². The Hall–Kier alpha value is -2.95. The number of nitrogens with one attached hydrogen (secondary N) is 2. The van der Waals surface area contributed by atoms with E-state index in [1.165, 1.54) is 20.5 Å². The lowest BCUT2D eigenvalue weighted by atomic mass is 10.1. The number of hydrogen-bond acceptors (Lipinski definition) is 6. The van der Waals surface area contributed by atoms with Crippen LogP contribution in [0.25, 0.3) is 10.2 Å². The first kappa shape index (κ1) is 27.1. The van der Waals surface area contributed by atoms with Crippen LogP contribution in [0.1, 0.15) is 44.1 Å². The molecular formula is C26H31ClN4O5S. The summed E-state index contributed by atoms with van der Waals surface area (Å²) in [6.45, 7) is 1.55. The number of nitrogens with zero attached hydrogens (tertiary/aromatic N) is 2. The van der Waals surface area contributed by atoms with Crippen molar-refractivity contribution in [3.05, 3.63) is 67.1 Å². The molecule has 0 saturated carbocycles. The van der Waals surface area contributed by atoms with E-state index in [0.29, 0.717) is 60.6 Å². The number of carbonyl (C=O) groups excluding carboxylic acids is 2. The fourth-order valence-corrected chi connectivity index (χ4v) is 5.42. The van der Waals surface area contributed by atoms with E-state index in [1.807, 2.05) is 18.2 Å². The second-order valence-electron chi connectivity index (χ2n) is 9.08. The summed E-state index contributed by atoms with van der Waals surface area (Å²) < 4.78 is 8.54. The molecule has 37 heavy (non-hydrogen) atoms. The maximum atomic E-state index is 13.2. The third-order valence-electron chi connectivity index (χ3n) is 6.41. The van der Waals surface area contributed by atoms with Crippen molar-refractivity contribution in [2.45, 2.75) is 64.3 Å². The molecule has 2 N–H and O–H groups in total. The number of rotatable bonds is 12. The average molecular weight is 547 g/mol. The van der Waals surface area contributed by atoms with Gasteiger partial charge < -0.3 is 15.4 Å². The van der Waals surface area contributed by atoms with Crippen molar-refractivity contribution in [1.82, 2.24) is 19.8 Å². The van der Waals surface area contributed by atoms with Gasteiger partial charge in [-0.15, -0.1) is 11.3 Å². The standard InChI is InChI=1S/C26H31ClN4O5S/c27-20-9-4-3-7-18(20)15-28-22(32)10-2-1-5-12-30-25(34)24-21(11-14-37-24)31(26(30)35)17-23(33)29-16-19-8-6-13-36-19/h3-4,7,9,11,14,19H,1-2,5-6,8,10,12-13,15-17H2,(H,28,32)(H,29,33)/t19-/m0/s1. The Balaban J connectivity index is 1.30. The number of halogens is 1. The number of aromatic nitrogens is 2. The largest absolute Gasteiger partial charge is 0.376 e. The van der Waals surface area contributed by atoms with Gasteiger partial charge >= 0.3 is 5.69 Å². The van der Waals surface area contributed by atoms with Crippen molar-refractivity contribution in [2.75, 3.05) is 13.2 Å². The highest BCUT2D eigenvalue weighted by Gasteiger charge is 2.19. The lowest BCUT2D eigenvalue weighted by molar-refractivity contribution is -0.122. The molecule has 1 atom stereocenters. The predicted molar refractivity (Wildman–Crippen MR) is 144 cm³/mol. The van der Waals surface area contributed by atoms with Crippen LogP contribution in [0.15, 0.2) is 45.3 Å². The van der Waals surface area contributed by atoms with Crippen molar-refractivity contribution in [1.29, 1.82) is 0 Å². The number of thiophene rings is 1. The van der Waals surface area contributed by atoms with Gasteiger partial charge in [0.15, 0.2) is 0 Å². The molecule has 0 bridgehead atoms. The summed E-state index contributed by atoms with van der Waals surface area (Å²) in [7, 11) is 0. The second-order valence-corrected chi connectivity index (χ2v) is 10.4. The monoisotopic (exact) mass is 546 g/mol. The highest BCUT2D eigenvalue weighted by molar-refractivity contribution is 7.17. The van der Waals surface area contributed by atoms with Gasteiger partial charge in [0, 0.05) is 37.7 Å². The van der Waals surface area contributed by atoms with Gasteiger partial charge in [-0.05, 0) is 48.8 Å². The Morgan fingerprint density at radius 2 is 1.89 bits per heavy atom. The van der Waals surface area contributed by atoms with Crippen LogP contribution >= 0.6 is 22.9 Å². The average Bonchev–Trinajstić information content (AvgIpc) is 3.59. The number of benzene rings is 1. The predicted octanol–water partition coefficient (Wildman–Crippen LogP) is 3.05. The molecule has 1 aromatic carbocycles. The first-order valence-corrected chi connectivity index (χ1v) is 13.8. The molecule has 2 aromatic heterocycles. The molecule has 3 heterocycles. The minimum absolute atomic E-state index is 0.00835. The van der Waals surface area contributed by atoms with E-state index >= 15 is 0 Å². The molecule has 1 aliphatic rings. The van der Waals surface area contributed by atoms with Crippen LogP contribution in [-0.4, -0.2) is 40.2 Å². The van der Waals surface area contributed by atoms with Crippen molar-refractivity contribution >= 4 is 45.0 Å². The molecule has 1 fully saturated rings. The van der Waals surface area contributed by atoms with Crippen LogP contribution in [0.5, 0.6) is 0 Å². The van der Waals surface area contributed by atoms with Crippen LogP contribution in [0.2, 0.25) is 5.02 Å². The van der Waals surface area contributed by atoms with E-state index in [-0.39, 0.29) is 36.6 Å². The number of amides is 2. The van der Waals surface area contributed by atoms with Gasteiger partial charge in [-0.2, -0.15) is 0 Å². The van der Waals surface area contributed by atoms with Crippen LogP contribution < -0.4 is 21.9 Å². The van der Waals surface area contributed by atoms with E-state index in [1.54, 1.807) is 17.5 Å². The summed E-state index contributed by atoms with van der Waals surface area (Å²) >= 11 is 7.37. The molecule has 0 radical (unpaired) electrons. The summed E-state index contributed by atoms with van der Waals surface area (Å²) in [6, 6.07) is 9.05. The molecule has 198 valence electrons. The Bertz CT molecular complexity index is 1360. The Morgan fingerprint density at radius 1 is 1.05 bits per heavy atom. The molecule has 0 spiro atoms. The Labute approximate surface area is 223 Å². The second kappa shape index (κ2) is 13.0. The minimum atomic E-state index is -0.499. The lowest BCUT2D eigenvalue weighted by Gasteiger charge is -2.14. The number of ether oxygens (including phenoxy) is 1. The van der Waals surface area contributed by atoms with Gasteiger partial charge in [-0.3, -0.25) is 23.5 Å². The molecule has 0 unspecified atom stereocenters. The zero-order valence-corrected chi connectivity index (χ0v) is 22.1. The summed E-state index contributed by atoms with van der Waals surface area (Å²) in [5.41, 5.74) is 0.487. The van der Waals surface area contributed by atoms with Gasteiger partial charge in [-0.25, -0.2) is 4.79 Å². The quantitative estimate of drug-likeness (QED) is 0.339. The number of carbonyl (C=O) groups is 2. The zero-order valence-electron chi connectivity index (χ0n) is 20.5. The van der Waals surface area contributed by atoms with Crippen molar-refractivity contribution in [2.24, 2.45) is 0 Å². The first-order valence-electron chi connectivity index (χ1n) is 12.5. The molecule has 3 aromatic rings. The molecule has 9 nitrogen and oxygen atoms in total. The van der Waals surface area contributed by atoms with Crippen LogP contribution in [0, 0.1) is 0 Å². The van der Waals surface area contributed by atoms with Crippen LogP contribution in [0.3, 0.4) is 0 Å². The van der Waals surface area contributed by atoms with E-state index < -0.39 is 5.69 Å². The summed E-state index contributed by atoms with van der Waals surface area (Å²) in [6.07, 6.45) is 4.11. The normalized spacial score (nSPS) is 15.2. The van der Waals surface area contributed by atoms with Crippen molar-refractivity contribution in [3.63, 3.8) is 0 Å². The fraction of sp³-hybridized carbons (Fsp3) is 0.462. The van der Waals surface area contributed by atoms with Crippen molar-refractivity contribution < 1.29 is 14.3 Å². The smallest absolute Gasteiger partial charge is 0.332 e. The summed E-state index contributed by atoms with van der Waals surface area (Å²) in [4.78, 5) is 50.8. The fourth-order valence-electron chi connectivity index (χ4n) is 4.37. The van der Waals surface area contributed by atoms with E-state index in [2.05, 4.69) is 10.6 Å². The van der Waals surface area contributed by atoms with E-state index in [9.17, 15) is 19.2 Å². The molecule has 4 rings (SSSR count). The molecule has 0 aliphatic carbocycles.